The monoisotopic (exact) mass is 460 g/mol. The molecule has 33 heavy (non-hydrogen) atoms. The van der Waals surface area contributed by atoms with Gasteiger partial charge in [-0.25, -0.2) is 4.98 Å². The molecule has 5 rings (SSSR count). The number of nitrogens with zero attached hydrogens (tertiary/aromatic N) is 2. The number of fused-ring (bicyclic) bond motifs is 2. The van der Waals surface area contributed by atoms with Gasteiger partial charge in [0.05, 0.1) is 29.3 Å². The number of anilines is 1. The van der Waals surface area contributed by atoms with E-state index in [0.29, 0.717) is 34.0 Å². The molecule has 0 unspecified atom stereocenters. The molecule has 6 nitrogen and oxygen atoms in total. The van der Waals surface area contributed by atoms with Crippen molar-refractivity contribution >= 4 is 33.3 Å². The summed E-state index contributed by atoms with van der Waals surface area (Å²) in [4.78, 5) is 34.6. The smallest absolute Gasteiger partial charge is 0.297 e. The fourth-order valence-electron chi connectivity index (χ4n) is 4.15. The fraction of sp³-hybridized carbons (Fsp3) is 0.269. The van der Waals surface area contributed by atoms with E-state index >= 15 is 0 Å². The first kappa shape index (κ1) is 21.4. The molecule has 2 aromatic heterocycles. The van der Waals surface area contributed by atoms with Gasteiger partial charge >= 0.3 is 0 Å². The lowest BCUT2D eigenvalue weighted by Gasteiger charge is -2.23. The van der Waals surface area contributed by atoms with Crippen LogP contribution in [0.4, 0.5) is 5.13 Å². The van der Waals surface area contributed by atoms with E-state index in [1.807, 2.05) is 64.1 Å². The van der Waals surface area contributed by atoms with Crippen molar-refractivity contribution in [2.45, 2.75) is 40.2 Å². The lowest BCUT2D eigenvalue weighted by molar-refractivity contribution is 0.0971. The Labute approximate surface area is 195 Å². The Hall–Kier alpha value is -3.45. The molecule has 0 saturated carbocycles. The molecule has 0 saturated heterocycles. The van der Waals surface area contributed by atoms with Crippen LogP contribution < -0.4 is 15.1 Å². The highest BCUT2D eigenvalue weighted by Crippen LogP contribution is 2.43. The highest BCUT2D eigenvalue weighted by atomic mass is 32.1. The first-order valence-corrected chi connectivity index (χ1v) is 11.8. The van der Waals surface area contributed by atoms with E-state index in [0.717, 1.165) is 28.1 Å². The summed E-state index contributed by atoms with van der Waals surface area (Å²) in [5, 5.41) is 1.02. The third kappa shape index (κ3) is 3.53. The molecule has 0 aliphatic carbocycles. The topological polar surface area (TPSA) is 72.6 Å². The molecule has 0 bridgehead atoms. The lowest BCUT2D eigenvalue weighted by Crippen LogP contribution is -2.29. The number of ether oxygens (including phenoxy) is 1. The summed E-state index contributed by atoms with van der Waals surface area (Å²) in [6.07, 6.45) is 0.883. The zero-order valence-electron chi connectivity index (χ0n) is 19.0. The third-order valence-corrected chi connectivity index (χ3v) is 6.97. The van der Waals surface area contributed by atoms with Gasteiger partial charge in [0, 0.05) is 4.88 Å². The van der Waals surface area contributed by atoms with Crippen LogP contribution in [0.2, 0.25) is 0 Å². The first-order valence-electron chi connectivity index (χ1n) is 11.0. The molecule has 1 atom stereocenters. The summed E-state index contributed by atoms with van der Waals surface area (Å²) >= 11 is 1.43. The number of hydrogen-bond acceptors (Lipinski definition) is 6. The van der Waals surface area contributed by atoms with Crippen LogP contribution in [0.15, 0.2) is 51.7 Å². The second-order valence-corrected chi connectivity index (χ2v) is 9.49. The average Bonchev–Trinajstić information content (AvgIpc) is 3.29. The van der Waals surface area contributed by atoms with Crippen molar-refractivity contribution in [3.8, 4) is 5.75 Å². The normalized spacial score (nSPS) is 15.3. The summed E-state index contributed by atoms with van der Waals surface area (Å²) in [6, 6.07) is 12.3. The van der Waals surface area contributed by atoms with Crippen LogP contribution in [-0.4, -0.2) is 17.5 Å². The van der Waals surface area contributed by atoms with Gasteiger partial charge in [0.1, 0.15) is 11.3 Å². The number of aromatic nitrogens is 1. The second-order valence-electron chi connectivity index (χ2n) is 8.31. The van der Waals surface area contributed by atoms with Gasteiger partial charge in [0.15, 0.2) is 10.6 Å². The minimum absolute atomic E-state index is 0.0757. The van der Waals surface area contributed by atoms with Gasteiger partial charge in [0.25, 0.3) is 5.91 Å². The van der Waals surface area contributed by atoms with Crippen LogP contribution in [0.1, 0.15) is 57.2 Å². The Morgan fingerprint density at radius 3 is 2.67 bits per heavy atom. The highest BCUT2D eigenvalue weighted by Gasteiger charge is 2.45. The molecule has 1 amide bonds. The zero-order valence-corrected chi connectivity index (χ0v) is 19.8. The van der Waals surface area contributed by atoms with Crippen LogP contribution in [0.25, 0.3) is 11.0 Å². The second kappa shape index (κ2) is 8.15. The molecule has 0 spiro atoms. The quantitative estimate of drug-likeness (QED) is 0.381. The van der Waals surface area contributed by atoms with Gasteiger partial charge in [-0.2, -0.15) is 0 Å². The molecule has 7 heteroatoms. The van der Waals surface area contributed by atoms with Crippen LogP contribution in [-0.2, 0) is 0 Å². The minimum atomic E-state index is -0.649. The predicted molar refractivity (Wildman–Crippen MR) is 130 cm³/mol. The molecule has 1 aliphatic heterocycles. The van der Waals surface area contributed by atoms with Crippen LogP contribution in [0, 0.1) is 20.8 Å². The van der Waals surface area contributed by atoms with E-state index in [9.17, 15) is 9.59 Å². The Balaban J connectivity index is 1.76. The fourth-order valence-corrected chi connectivity index (χ4v) is 5.09. The number of thiazole rings is 1. The molecule has 0 radical (unpaired) electrons. The van der Waals surface area contributed by atoms with Crippen molar-refractivity contribution in [3.63, 3.8) is 0 Å². The number of benzene rings is 2. The van der Waals surface area contributed by atoms with Gasteiger partial charge < -0.3 is 9.15 Å². The Bertz CT molecular complexity index is 1430. The van der Waals surface area contributed by atoms with Gasteiger partial charge in [-0.3, -0.25) is 14.5 Å². The highest BCUT2D eigenvalue weighted by molar-refractivity contribution is 7.15. The molecule has 3 heterocycles. The van der Waals surface area contributed by atoms with E-state index < -0.39 is 6.04 Å². The van der Waals surface area contributed by atoms with Crippen molar-refractivity contribution < 1.29 is 13.9 Å². The Morgan fingerprint density at radius 1 is 1.12 bits per heavy atom. The van der Waals surface area contributed by atoms with Gasteiger partial charge in [-0.05, 0) is 57.0 Å². The molecule has 0 fully saturated rings. The first-order chi connectivity index (χ1) is 15.9. The molecule has 2 aromatic carbocycles. The summed E-state index contributed by atoms with van der Waals surface area (Å²) in [7, 11) is 0. The van der Waals surface area contributed by atoms with Crippen molar-refractivity contribution in [2.24, 2.45) is 0 Å². The number of aryl methyl sites for hydroxylation is 3. The Kier molecular flexibility index (Phi) is 5.29. The summed E-state index contributed by atoms with van der Waals surface area (Å²) in [6.45, 7) is 8.44. The van der Waals surface area contributed by atoms with E-state index in [1.54, 1.807) is 11.0 Å². The van der Waals surface area contributed by atoms with Crippen LogP contribution in [0.3, 0.4) is 0 Å². The molecular formula is C26H24N2O4S. The molecule has 4 aromatic rings. The SMILES string of the molecule is CCCOc1cccc([C@@H]2c3c(oc4ccc(C)cc4c3=O)C(=O)N2c2nc(C)c(C)s2)c1. The van der Waals surface area contributed by atoms with E-state index in [2.05, 4.69) is 4.98 Å². The predicted octanol–water partition coefficient (Wildman–Crippen LogP) is 5.71. The molecule has 1 aliphatic rings. The number of hydrogen-bond donors (Lipinski definition) is 0. The largest absolute Gasteiger partial charge is 0.494 e. The third-order valence-electron chi connectivity index (χ3n) is 5.90. The number of rotatable bonds is 5. The van der Waals surface area contributed by atoms with Gasteiger partial charge in [-0.1, -0.05) is 30.7 Å². The van der Waals surface area contributed by atoms with E-state index in [-0.39, 0.29) is 17.1 Å². The van der Waals surface area contributed by atoms with Crippen LogP contribution >= 0.6 is 11.3 Å². The maximum Gasteiger partial charge on any atom is 0.297 e. The van der Waals surface area contributed by atoms with Crippen molar-refractivity contribution in [2.75, 3.05) is 11.5 Å². The van der Waals surface area contributed by atoms with Crippen molar-refractivity contribution in [3.05, 3.63) is 85.7 Å². The summed E-state index contributed by atoms with van der Waals surface area (Å²) in [5.41, 5.74) is 3.15. The average molecular weight is 461 g/mol. The number of amides is 1. The van der Waals surface area contributed by atoms with Crippen LogP contribution in [0.5, 0.6) is 5.75 Å². The zero-order chi connectivity index (χ0) is 23.3. The Morgan fingerprint density at radius 2 is 1.94 bits per heavy atom. The minimum Gasteiger partial charge on any atom is -0.494 e. The lowest BCUT2D eigenvalue weighted by atomic mass is 9.98. The number of carbonyl (C=O) groups is 1. The van der Waals surface area contributed by atoms with Crippen molar-refractivity contribution in [1.29, 1.82) is 0 Å². The molecule has 168 valence electrons. The summed E-state index contributed by atoms with van der Waals surface area (Å²) < 4.78 is 11.9. The van der Waals surface area contributed by atoms with Gasteiger partial charge in [-0.15, -0.1) is 11.3 Å². The van der Waals surface area contributed by atoms with E-state index in [1.165, 1.54) is 11.3 Å². The van der Waals surface area contributed by atoms with E-state index in [4.69, 9.17) is 9.15 Å². The number of carbonyl (C=O) groups excluding carboxylic acids is 1. The summed E-state index contributed by atoms with van der Waals surface area (Å²) in [5.74, 6) is 0.415. The maximum absolute atomic E-state index is 13.7. The molecular weight excluding hydrogens is 436 g/mol. The maximum atomic E-state index is 13.7. The van der Waals surface area contributed by atoms with Gasteiger partial charge in [0.2, 0.25) is 5.76 Å². The molecule has 0 N–H and O–H groups in total. The van der Waals surface area contributed by atoms with Crippen molar-refractivity contribution in [1.82, 2.24) is 4.98 Å². The standard InChI is InChI=1S/C26H24N2O4S/c1-5-11-31-18-8-6-7-17(13-18)22-21-23(29)19-12-14(2)9-10-20(19)32-24(21)25(30)28(22)26-27-15(3)16(4)33-26/h6-10,12-13,22H,5,11H2,1-4H3/t22-/m1/s1.